The molecule has 2 aromatic carbocycles. The molecule has 0 spiro atoms. The average molecular weight is 282 g/mol. The monoisotopic (exact) mass is 282 g/mol. The molecule has 2 rings (SSSR count). The van der Waals surface area contributed by atoms with Crippen molar-refractivity contribution in [3.05, 3.63) is 59.4 Å². The Morgan fingerprint density at radius 1 is 0.900 bits per heavy atom. The highest BCUT2D eigenvalue weighted by Gasteiger charge is 2.14. The van der Waals surface area contributed by atoms with Gasteiger partial charge in [-0.15, -0.1) is 0 Å². The maximum atomic E-state index is 13.5. The average Bonchev–Trinajstić information content (AvgIpc) is 2.41. The summed E-state index contributed by atoms with van der Waals surface area (Å²) in [5.41, 5.74) is 0.380. The van der Waals surface area contributed by atoms with Crippen molar-refractivity contribution in [2.75, 3.05) is 0 Å². The van der Waals surface area contributed by atoms with Crippen LogP contribution < -0.4 is 10.2 Å². The summed E-state index contributed by atoms with van der Waals surface area (Å²) in [4.78, 5) is 0. The third kappa shape index (κ3) is 3.31. The molecule has 0 aliphatic carbocycles. The van der Waals surface area contributed by atoms with E-state index in [0.717, 1.165) is 24.3 Å². The molecule has 7 heteroatoms. The van der Waals surface area contributed by atoms with Crippen molar-refractivity contribution in [1.82, 2.24) is 0 Å². The van der Waals surface area contributed by atoms with Crippen molar-refractivity contribution in [2.45, 2.75) is 6.61 Å². The summed E-state index contributed by atoms with van der Waals surface area (Å²) in [5, 5.41) is 18.0. The Morgan fingerprint density at radius 3 is 2.25 bits per heavy atom. The van der Waals surface area contributed by atoms with Crippen LogP contribution >= 0.6 is 0 Å². The first-order valence-electron chi connectivity index (χ1n) is 5.69. The lowest BCUT2D eigenvalue weighted by atomic mass is 9.80. The number of ether oxygens (including phenoxy) is 1. The van der Waals surface area contributed by atoms with E-state index in [9.17, 15) is 13.2 Å². The molecule has 104 valence electrons. The summed E-state index contributed by atoms with van der Waals surface area (Å²) in [7, 11) is -1.75. The lowest BCUT2D eigenvalue weighted by molar-refractivity contribution is 0.289. The van der Waals surface area contributed by atoms with Gasteiger partial charge in [-0.3, -0.25) is 0 Å². The molecule has 2 aromatic rings. The van der Waals surface area contributed by atoms with Gasteiger partial charge >= 0.3 is 7.12 Å². The number of halogens is 3. The van der Waals surface area contributed by atoms with Crippen LogP contribution in [-0.2, 0) is 6.61 Å². The van der Waals surface area contributed by atoms with Gasteiger partial charge in [-0.2, -0.15) is 0 Å². The maximum absolute atomic E-state index is 13.5. The lowest BCUT2D eigenvalue weighted by Crippen LogP contribution is -2.29. The topological polar surface area (TPSA) is 49.7 Å². The molecule has 3 nitrogen and oxygen atoms in total. The quantitative estimate of drug-likeness (QED) is 0.832. The predicted octanol–water partition coefficient (Wildman–Crippen LogP) is 1.36. The summed E-state index contributed by atoms with van der Waals surface area (Å²) in [6.07, 6.45) is 0. The van der Waals surface area contributed by atoms with E-state index in [1.165, 1.54) is 12.1 Å². The molecule has 0 saturated heterocycles. The Morgan fingerprint density at radius 2 is 1.60 bits per heavy atom. The molecule has 0 atom stereocenters. The Labute approximate surface area is 113 Å². The zero-order valence-corrected chi connectivity index (χ0v) is 10.2. The molecule has 0 aliphatic heterocycles. The molecule has 0 unspecified atom stereocenters. The van der Waals surface area contributed by atoms with Crippen LogP contribution in [0.4, 0.5) is 13.2 Å². The second-order valence-corrected chi connectivity index (χ2v) is 4.10. The normalized spacial score (nSPS) is 10.4. The minimum absolute atomic E-state index is 0.0617. The minimum atomic E-state index is -1.75. The third-order valence-corrected chi connectivity index (χ3v) is 2.63. The van der Waals surface area contributed by atoms with Crippen molar-refractivity contribution < 1.29 is 28.0 Å². The fraction of sp³-hybridized carbons (Fsp3) is 0.0769. The minimum Gasteiger partial charge on any atom is -0.486 e. The third-order valence-electron chi connectivity index (χ3n) is 2.63. The highest BCUT2D eigenvalue weighted by molar-refractivity contribution is 6.58. The molecule has 0 aromatic heterocycles. The molecule has 0 heterocycles. The second kappa shape index (κ2) is 5.98. The number of hydrogen-bond acceptors (Lipinski definition) is 3. The van der Waals surface area contributed by atoms with Gasteiger partial charge in [0.2, 0.25) is 0 Å². The molecule has 0 saturated carbocycles. The molecule has 2 N–H and O–H groups in total. The van der Waals surface area contributed by atoms with Crippen molar-refractivity contribution in [2.24, 2.45) is 0 Å². The van der Waals surface area contributed by atoms with Gasteiger partial charge in [0, 0.05) is 0 Å². The molecule has 0 amide bonds. The van der Waals surface area contributed by atoms with E-state index in [4.69, 9.17) is 14.8 Å². The van der Waals surface area contributed by atoms with E-state index in [1.54, 1.807) is 0 Å². The van der Waals surface area contributed by atoms with Crippen LogP contribution in [0, 0.1) is 17.5 Å². The summed E-state index contributed by atoms with van der Waals surface area (Å²) in [6.45, 7) is -0.181. The Bertz CT molecular complexity index is 620. The molecular formula is C13H10BF3O3. The van der Waals surface area contributed by atoms with Crippen molar-refractivity contribution in [3.8, 4) is 5.75 Å². The van der Waals surface area contributed by atoms with Gasteiger partial charge in [0.1, 0.15) is 6.61 Å². The van der Waals surface area contributed by atoms with Gasteiger partial charge in [-0.05, 0) is 35.3 Å². The standard InChI is InChI=1S/C13H10BF3O3/c15-10-3-1-8(5-12(10)17)7-20-13-6-9(14(18)19)2-4-11(13)16/h1-6,18-19H,7H2. The molecule has 0 radical (unpaired) electrons. The molecule has 0 fully saturated rings. The molecule has 20 heavy (non-hydrogen) atoms. The second-order valence-electron chi connectivity index (χ2n) is 4.10. The molecule has 0 aliphatic rings. The number of hydrogen-bond donors (Lipinski definition) is 2. The van der Waals surface area contributed by atoms with E-state index >= 15 is 0 Å². The Kier molecular flexibility index (Phi) is 4.31. The highest BCUT2D eigenvalue weighted by Crippen LogP contribution is 2.17. The fourth-order valence-corrected chi connectivity index (χ4v) is 1.58. The first-order valence-corrected chi connectivity index (χ1v) is 5.69. The maximum Gasteiger partial charge on any atom is 0.488 e. The van der Waals surface area contributed by atoms with Gasteiger partial charge < -0.3 is 14.8 Å². The lowest BCUT2D eigenvalue weighted by Gasteiger charge is -2.09. The largest absolute Gasteiger partial charge is 0.488 e. The smallest absolute Gasteiger partial charge is 0.486 e. The zero-order valence-electron chi connectivity index (χ0n) is 10.2. The van der Waals surface area contributed by atoms with Gasteiger partial charge in [-0.25, -0.2) is 13.2 Å². The van der Waals surface area contributed by atoms with Crippen LogP contribution in [0.3, 0.4) is 0 Å². The van der Waals surface area contributed by atoms with Crippen molar-refractivity contribution in [1.29, 1.82) is 0 Å². The van der Waals surface area contributed by atoms with Crippen LogP contribution in [0.2, 0.25) is 0 Å². The van der Waals surface area contributed by atoms with Crippen LogP contribution in [0.5, 0.6) is 5.75 Å². The van der Waals surface area contributed by atoms with E-state index in [1.807, 2.05) is 0 Å². The van der Waals surface area contributed by atoms with Gasteiger partial charge in [-0.1, -0.05) is 12.1 Å². The van der Waals surface area contributed by atoms with E-state index < -0.39 is 24.6 Å². The van der Waals surface area contributed by atoms with Crippen molar-refractivity contribution >= 4 is 12.6 Å². The Hall–Kier alpha value is -1.99. The summed E-state index contributed by atoms with van der Waals surface area (Å²) in [6, 6.07) is 6.54. The first kappa shape index (κ1) is 14.4. The van der Waals surface area contributed by atoms with Crippen LogP contribution in [0.1, 0.15) is 5.56 Å². The van der Waals surface area contributed by atoms with Crippen LogP contribution in [-0.4, -0.2) is 17.2 Å². The van der Waals surface area contributed by atoms with Crippen LogP contribution in [0.15, 0.2) is 36.4 Å². The summed E-state index contributed by atoms with van der Waals surface area (Å²) in [5.74, 6) is -2.91. The van der Waals surface area contributed by atoms with E-state index in [-0.39, 0.29) is 17.8 Å². The zero-order chi connectivity index (χ0) is 14.7. The Balaban J connectivity index is 2.13. The van der Waals surface area contributed by atoms with E-state index in [0.29, 0.717) is 5.56 Å². The van der Waals surface area contributed by atoms with Crippen molar-refractivity contribution in [3.63, 3.8) is 0 Å². The SMILES string of the molecule is OB(O)c1ccc(F)c(OCc2ccc(F)c(F)c2)c1. The highest BCUT2D eigenvalue weighted by atomic mass is 19.2. The van der Waals surface area contributed by atoms with E-state index in [2.05, 4.69) is 0 Å². The molecular weight excluding hydrogens is 272 g/mol. The first-order chi connectivity index (χ1) is 9.47. The predicted molar refractivity (Wildman–Crippen MR) is 66.9 cm³/mol. The number of benzene rings is 2. The van der Waals surface area contributed by atoms with Gasteiger partial charge in [0.15, 0.2) is 23.2 Å². The fourth-order valence-electron chi connectivity index (χ4n) is 1.58. The van der Waals surface area contributed by atoms with Crippen LogP contribution in [0.25, 0.3) is 0 Å². The number of rotatable bonds is 4. The van der Waals surface area contributed by atoms with Gasteiger partial charge in [0.25, 0.3) is 0 Å². The summed E-state index contributed by atoms with van der Waals surface area (Å²) < 4.78 is 44.3. The summed E-state index contributed by atoms with van der Waals surface area (Å²) >= 11 is 0. The van der Waals surface area contributed by atoms with Gasteiger partial charge in [0.05, 0.1) is 0 Å². The molecule has 0 bridgehead atoms.